The smallest absolute Gasteiger partial charge is 0.122 e. The summed E-state index contributed by atoms with van der Waals surface area (Å²) >= 11 is 0. The van der Waals surface area contributed by atoms with Crippen LogP contribution in [0.25, 0.3) is 0 Å². The Morgan fingerprint density at radius 3 is 1.92 bits per heavy atom. The van der Waals surface area contributed by atoms with Crippen LogP contribution in [0.5, 0.6) is 0 Å². The summed E-state index contributed by atoms with van der Waals surface area (Å²) in [4.78, 5) is 9.50. The Kier molecular flexibility index (Phi) is 3.91. The van der Waals surface area contributed by atoms with E-state index in [4.69, 9.17) is 4.74 Å². The van der Waals surface area contributed by atoms with Gasteiger partial charge in [-0.25, -0.2) is 0 Å². The zero-order valence-corrected chi connectivity index (χ0v) is 8.82. The van der Waals surface area contributed by atoms with Crippen LogP contribution in [0.1, 0.15) is 40.0 Å². The van der Waals surface area contributed by atoms with Gasteiger partial charge in [-0.3, -0.25) is 0 Å². The lowest BCUT2D eigenvalue weighted by atomic mass is 9.80. The molecule has 2 nitrogen and oxygen atoms in total. The molecular weight excluding hydrogens is 164 g/mol. The van der Waals surface area contributed by atoms with E-state index in [-0.39, 0.29) is 5.92 Å². The molecule has 1 aliphatic carbocycles. The first-order valence-electron chi connectivity index (χ1n) is 5.26. The molecule has 3 aliphatic rings. The van der Waals surface area contributed by atoms with E-state index in [9.17, 15) is 4.79 Å². The van der Waals surface area contributed by atoms with Crippen LogP contribution >= 0.6 is 0 Å². The number of fused-ring (bicyclic) bond motifs is 2. The molecule has 76 valence electrons. The van der Waals surface area contributed by atoms with E-state index in [1.54, 1.807) is 0 Å². The summed E-state index contributed by atoms with van der Waals surface area (Å²) in [5.41, 5.74) is 0. The van der Waals surface area contributed by atoms with Crippen LogP contribution in [-0.2, 0) is 9.53 Å². The Balaban J connectivity index is 0.000000149. The standard InChI is InChI=1S/C7H12O.C4H8O/c1-5-6-3-2-4-7(5)8-6;1-4(2)3-5/h5-7H,2-4H2,1H3;3-4H,1-2H3. The van der Waals surface area contributed by atoms with Crippen LogP contribution < -0.4 is 0 Å². The summed E-state index contributed by atoms with van der Waals surface area (Å²) in [5, 5.41) is 0. The maximum atomic E-state index is 9.50. The minimum Gasteiger partial charge on any atom is -0.374 e. The summed E-state index contributed by atoms with van der Waals surface area (Å²) in [7, 11) is 0. The summed E-state index contributed by atoms with van der Waals surface area (Å²) in [5.74, 6) is 1.08. The van der Waals surface area contributed by atoms with E-state index in [1.165, 1.54) is 19.3 Å². The molecule has 2 atom stereocenters. The molecule has 13 heavy (non-hydrogen) atoms. The van der Waals surface area contributed by atoms with Crippen molar-refractivity contribution in [2.75, 3.05) is 0 Å². The highest BCUT2D eigenvalue weighted by Gasteiger charge is 2.41. The number of ether oxygens (including phenoxy) is 1. The second-order valence-corrected chi connectivity index (χ2v) is 4.38. The molecule has 0 aromatic heterocycles. The fraction of sp³-hybridized carbons (Fsp3) is 0.909. The number of carbonyl (C=O) groups is 1. The molecule has 2 heteroatoms. The lowest BCUT2D eigenvalue weighted by molar-refractivity contribution is -0.205. The highest BCUT2D eigenvalue weighted by Crippen LogP contribution is 2.39. The van der Waals surface area contributed by atoms with Crippen molar-refractivity contribution in [3.05, 3.63) is 0 Å². The summed E-state index contributed by atoms with van der Waals surface area (Å²) in [6.45, 7) is 6.01. The Hall–Kier alpha value is -0.370. The molecule has 0 N–H and O–H groups in total. The largest absolute Gasteiger partial charge is 0.374 e. The topological polar surface area (TPSA) is 26.3 Å². The third-order valence-electron chi connectivity index (χ3n) is 2.77. The highest BCUT2D eigenvalue weighted by molar-refractivity contribution is 5.51. The van der Waals surface area contributed by atoms with Gasteiger partial charge in [0.1, 0.15) is 6.29 Å². The fourth-order valence-corrected chi connectivity index (χ4v) is 1.80. The van der Waals surface area contributed by atoms with Gasteiger partial charge in [-0.15, -0.1) is 0 Å². The second kappa shape index (κ2) is 4.75. The van der Waals surface area contributed by atoms with Crippen molar-refractivity contribution in [2.45, 2.75) is 52.2 Å². The van der Waals surface area contributed by atoms with Crippen LogP contribution in [0, 0.1) is 11.8 Å². The normalized spacial score (nSPS) is 35.8. The zero-order valence-electron chi connectivity index (χ0n) is 8.82. The van der Waals surface area contributed by atoms with Crippen molar-refractivity contribution in [2.24, 2.45) is 11.8 Å². The second-order valence-electron chi connectivity index (χ2n) is 4.38. The lowest BCUT2D eigenvalue weighted by Crippen LogP contribution is -2.50. The van der Waals surface area contributed by atoms with E-state index < -0.39 is 0 Å². The van der Waals surface area contributed by atoms with Crippen LogP contribution in [0.2, 0.25) is 0 Å². The van der Waals surface area contributed by atoms with Crippen LogP contribution in [-0.4, -0.2) is 18.5 Å². The monoisotopic (exact) mass is 184 g/mol. The molecule has 3 rings (SSSR count). The first-order valence-corrected chi connectivity index (χ1v) is 5.26. The van der Waals surface area contributed by atoms with Crippen molar-refractivity contribution >= 4 is 6.29 Å². The molecule has 2 saturated heterocycles. The minimum absolute atomic E-state index is 0.204. The molecule has 2 heterocycles. The van der Waals surface area contributed by atoms with Crippen molar-refractivity contribution in [1.29, 1.82) is 0 Å². The van der Waals surface area contributed by atoms with Crippen molar-refractivity contribution in [1.82, 2.24) is 0 Å². The molecule has 0 amide bonds. The third-order valence-corrected chi connectivity index (χ3v) is 2.77. The van der Waals surface area contributed by atoms with Gasteiger partial charge < -0.3 is 9.53 Å². The van der Waals surface area contributed by atoms with Crippen LogP contribution in [0.4, 0.5) is 0 Å². The molecule has 1 saturated carbocycles. The van der Waals surface area contributed by atoms with E-state index in [0.717, 1.165) is 12.2 Å². The Morgan fingerprint density at radius 1 is 1.31 bits per heavy atom. The quantitative estimate of drug-likeness (QED) is 0.585. The SMILES string of the molecule is CC(C)C=O.CC1C2CCCC1O2. The van der Waals surface area contributed by atoms with Gasteiger partial charge in [-0.2, -0.15) is 0 Å². The molecule has 2 aliphatic heterocycles. The Bertz CT molecular complexity index is 151. The highest BCUT2D eigenvalue weighted by atomic mass is 16.5. The number of carbonyl (C=O) groups excluding carboxylic acids is 1. The van der Waals surface area contributed by atoms with Crippen molar-refractivity contribution < 1.29 is 9.53 Å². The van der Waals surface area contributed by atoms with Gasteiger partial charge >= 0.3 is 0 Å². The number of rotatable bonds is 1. The maximum absolute atomic E-state index is 9.50. The zero-order chi connectivity index (χ0) is 9.84. The molecule has 2 bridgehead atoms. The minimum atomic E-state index is 0.204. The summed E-state index contributed by atoms with van der Waals surface area (Å²) in [6.07, 6.45) is 6.25. The Labute approximate surface area is 80.7 Å². The average molecular weight is 184 g/mol. The predicted molar refractivity (Wildman–Crippen MR) is 52.6 cm³/mol. The van der Waals surface area contributed by atoms with Gasteiger partial charge in [0.15, 0.2) is 0 Å². The van der Waals surface area contributed by atoms with Crippen molar-refractivity contribution in [3.63, 3.8) is 0 Å². The maximum Gasteiger partial charge on any atom is 0.122 e. The van der Waals surface area contributed by atoms with E-state index in [1.807, 2.05) is 13.8 Å². The number of hydrogen-bond acceptors (Lipinski definition) is 2. The average Bonchev–Trinajstić information content (AvgIpc) is 2.19. The predicted octanol–water partition coefficient (Wildman–Crippen LogP) is 2.42. The molecule has 0 spiro atoms. The van der Waals surface area contributed by atoms with Gasteiger partial charge in [0.05, 0.1) is 12.2 Å². The molecular formula is C11H20O2. The molecule has 0 radical (unpaired) electrons. The molecule has 0 aromatic carbocycles. The van der Waals surface area contributed by atoms with E-state index in [2.05, 4.69) is 6.92 Å². The lowest BCUT2D eigenvalue weighted by Gasteiger charge is -2.47. The Morgan fingerprint density at radius 2 is 1.77 bits per heavy atom. The first-order chi connectivity index (χ1) is 6.15. The van der Waals surface area contributed by atoms with Gasteiger partial charge in [0.2, 0.25) is 0 Å². The van der Waals surface area contributed by atoms with E-state index in [0.29, 0.717) is 12.2 Å². The van der Waals surface area contributed by atoms with Gasteiger partial charge in [-0.05, 0) is 19.3 Å². The molecule has 0 aromatic rings. The number of hydrogen-bond donors (Lipinski definition) is 0. The van der Waals surface area contributed by atoms with Gasteiger partial charge in [-0.1, -0.05) is 20.8 Å². The third kappa shape index (κ3) is 2.80. The van der Waals surface area contributed by atoms with Crippen molar-refractivity contribution in [3.8, 4) is 0 Å². The summed E-state index contributed by atoms with van der Waals surface area (Å²) in [6, 6.07) is 0. The summed E-state index contributed by atoms with van der Waals surface area (Å²) < 4.78 is 5.49. The molecule has 2 unspecified atom stereocenters. The molecule has 3 fully saturated rings. The van der Waals surface area contributed by atoms with Gasteiger partial charge in [0, 0.05) is 11.8 Å². The first kappa shape index (κ1) is 10.7. The van der Waals surface area contributed by atoms with E-state index >= 15 is 0 Å². The van der Waals surface area contributed by atoms with Crippen LogP contribution in [0.15, 0.2) is 0 Å². The fourth-order valence-electron chi connectivity index (χ4n) is 1.80. The van der Waals surface area contributed by atoms with Crippen LogP contribution in [0.3, 0.4) is 0 Å². The number of aldehydes is 1. The van der Waals surface area contributed by atoms with Gasteiger partial charge in [0.25, 0.3) is 0 Å².